The maximum absolute atomic E-state index is 13.2. The highest BCUT2D eigenvalue weighted by Gasteiger charge is 2.15. The van der Waals surface area contributed by atoms with Crippen LogP contribution < -0.4 is 0 Å². The Morgan fingerprint density at radius 1 is 1.16 bits per heavy atom. The quantitative estimate of drug-likeness (QED) is 0.719. The number of rotatable bonds is 3. The van der Waals surface area contributed by atoms with Gasteiger partial charge in [0.15, 0.2) is 5.69 Å². The summed E-state index contributed by atoms with van der Waals surface area (Å²) < 4.78 is 40.3. The molecule has 6 nitrogen and oxygen atoms in total. The van der Waals surface area contributed by atoms with Crippen LogP contribution in [0, 0.1) is 24.1 Å². The van der Waals surface area contributed by atoms with E-state index in [2.05, 4.69) is 9.46 Å². The van der Waals surface area contributed by atoms with Crippen molar-refractivity contribution in [3.63, 3.8) is 0 Å². The van der Waals surface area contributed by atoms with Gasteiger partial charge in [-0.15, -0.1) is 4.36 Å². The van der Waals surface area contributed by atoms with Crippen molar-refractivity contribution in [1.29, 1.82) is 5.26 Å². The van der Waals surface area contributed by atoms with E-state index in [9.17, 15) is 12.8 Å². The molecule has 0 aliphatic heterocycles. The molecule has 0 saturated carbocycles. The Hall–Kier alpha value is -3.31. The Bertz CT molecular complexity index is 1120. The molecule has 25 heavy (non-hydrogen) atoms. The normalized spacial score (nSPS) is 10.3. The van der Waals surface area contributed by atoms with E-state index in [1.165, 1.54) is 35.0 Å². The molecule has 0 bridgehead atoms. The largest absolute Gasteiger partial charge is 0.316 e. The third-order valence-corrected chi connectivity index (χ3v) is 3.84. The van der Waals surface area contributed by atoms with Crippen molar-refractivity contribution in [1.82, 2.24) is 9.78 Å². The second kappa shape index (κ2) is 6.67. The van der Waals surface area contributed by atoms with Crippen LogP contribution in [0.5, 0.6) is 0 Å². The van der Waals surface area contributed by atoms with E-state index >= 15 is 0 Å². The first kappa shape index (κ1) is 16.5. The van der Waals surface area contributed by atoms with E-state index in [0.717, 1.165) is 5.56 Å². The van der Waals surface area contributed by atoms with Gasteiger partial charge in [-0.1, -0.05) is 12.1 Å². The van der Waals surface area contributed by atoms with Gasteiger partial charge in [-0.2, -0.15) is 18.8 Å². The average Bonchev–Trinajstić information content (AvgIpc) is 2.99. The molecule has 0 saturated heterocycles. The minimum atomic E-state index is -2.63. The van der Waals surface area contributed by atoms with Crippen molar-refractivity contribution >= 4 is 16.2 Å². The predicted molar refractivity (Wildman–Crippen MR) is 89.4 cm³/mol. The van der Waals surface area contributed by atoms with Gasteiger partial charge in [0, 0.05) is 11.6 Å². The van der Waals surface area contributed by atoms with Crippen molar-refractivity contribution in [2.45, 2.75) is 6.92 Å². The number of nitriles is 1. The van der Waals surface area contributed by atoms with Gasteiger partial charge in [0.25, 0.3) is 0 Å². The van der Waals surface area contributed by atoms with Gasteiger partial charge in [0.05, 0.1) is 17.1 Å². The van der Waals surface area contributed by atoms with Crippen molar-refractivity contribution in [2.24, 2.45) is 4.36 Å². The zero-order valence-corrected chi connectivity index (χ0v) is 13.8. The topological polar surface area (TPSA) is 88.1 Å². The lowest BCUT2D eigenvalue weighted by Gasteiger charge is -2.09. The van der Waals surface area contributed by atoms with Crippen LogP contribution in [0.2, 0.25) is 0 Å². The fourth-order valence-electron chi connectivity index (χ4n) is 2.42. The van der Waals surface area contributed by atoms with Crippen molar-refractivity contribution < 1.29 is 12.8 Å². The Morgan fingerprint density at radius 3 is 2.52 bits per heavy atom. The smallest absolute Gasteiger partial charge is 0.232 e. The molecule has 1 aromatic heterocycles. The molecule has 0 fully saturated rings. The summed E-state index contributed by atoms with van der Waals surface area (Å²) in [5, 5.41) is 13.3. The number of halogens is 1. The molecular weight excluding hydrogens is 343 g/mol. The Morgan fingerprint density at radius 2 is 1.88 bits per heavy atom. The Labute approximate surface area is 144 Å². The SMILES string of the molecule is Cc1ccc(-c2cc(C#N)nn2-c2ccc(F)cc2)c(N=S(=O)=O)c1. The third-order valence-electron chi connectivity index (χ3n) is 3.50. The molecule has 0 unspecified atom stereocenters. The van der Waals surface area contributed by atoms with Gasteiger partial charge in [-0.05, 0) is 42.8 Å². The van der Waals surface area contributed by atoms with E-state index in [4.69, 9.17) is 5.26 Å². The lowest BCUT2D eigenvalue weighted by atomic mass is 10.1. The minimum absolute atomic E-state index is 0.147. The number of aromatic nitrogens is 2. The number of nitrogens with zero attached hydrogens (tertiary/aromatic N) is 4. The van der Waals surface area contributed by atoms with Gasteiger partial charge in [-0.3, -0.25) is 0 Å². The van der Waals surface area contributed by atoms with Crippen LogP contribution in [0.25, 0.3) is 16.9 Å². The van der Waals surface area contributed by atoms with E-state index in [0.29, 0.717) is 16.9 Å². The second-order valence-corrected chi connectivity index (χ2v) is 5.86. The van der Waals surface area contributed by atoms with Gasteiger partial charge < -0.3 is 0 Å². The summed E-state index contributed by atoms with van der Waals surface area (Å²) in [6.07, 6.45) is 0. The zero-order chi connectivity index (χ0) is 18.0. The summed E-state index contributed by atoms with van der Waals surface area (Å²) >= 11 is 0. The minimum Gasteiger partial charge on any atom is -0.232 e. The molecule has 3 aromatic rings. The van der Waals surface area contributed by atoms with E-state index in [1.54, 1.807) is 18.2 Å². The molecule has 0 aliphatic rings. The van der Waals surface area contributed by atoms with Crippen molar-refractivity contribution in [2.75, 3.05) is 0 Å². The molecule has 124 valence electrons. The molecule has 1 heterocycles. The zero-order valence-electron chi connectivity index (χ0n) is 13.0. The van der Waals surface area contributed by atoms with Gasteiger partial charge >= 0.3 is 10.5 Å². The Balaban J connectivity index is 2.28. The third kappa shape index (κ3) is 3.46. The molecule has 8 heteroatoms. The molecule has 2 aromatic carbocycles. The lowest BCUT2D eigenvalue weighted by Crippen LogP contribution is -1.99. The molecular formula is C17H11FN4O2S. The molecule has 0 atom stereocenters. The van der Waals surface area contributed by atoms with Gasteiger partial charge in [-0.25, -0.2) is 9.07 Å². The highest BCUT2D eigenvalue weighted by molar-refractivity contribution is 7.61. The molecule has 0 aliphatic carbocycles. The van der Waals surface area contributed by atoms with Crippen LogP contribution >= 0.6 is 0 Å². The second-order valence-electron chi connectivity index (χ2n) is 5.24. The van der Waals surface area contributed by atoms with E-state index in [1.807, 2.05) is 13.0 Å². The number of benzene rings is 2. The first-order valence-electron chi connectivity index (χ1n) is 7.16. The molecule has 0 N–H and O–H groups in total. The van der Waals surface area contributed by atoms with Crippen molar-refractivity contribution in [3.8, 4) is 23.0 Å². The fraction of sp³-hybridized carbons (Fsp3) is 0.0588. The fourth-order valence-corrected chi connectivity index (χ4v) is 2.73. The van der Waals surface area contributed by atoms with E-state index < -0.39 is 16.3 Å². The number of hydrogen-bond donors (Lipinski definition) is 0. The molecule has 3 rings (SSSR count). The van der Waals surface area contributed by atoms with Crippen LogP contribution in [0.3, 0.4) is 0 Å². The van der Waals surface area contributed by atoms with Gasteiger partial charge in [0.1, 0.15) is 11.9 Å². The summed E-state index contributed by atoms with van der Waals surface area (Å²) in [6.45, 7) is 1.81. The maximum atomic E-state index is 13.2. The van der Waals surface area contributed by atoms with Crippen LogP contribution in [0.1, 0.15) is 11.3 Å². The molecule has 0 spiro atoms. The summed E-state index contributed by atoms with van der Waals surface area (Å²) in [6, 6.07) is 14.2. The molecule has 0 radical (unpaired) electrons. The van der Waals surface area contributed by atoms with Crippen LogP contribution in [0.15, 0.2) is 52.9 Å². The average molecular weight is 354 g/mol. The maximum Gasteiger partial charge on any atom is 0.316 e. The van der Waals surface area contributed by atoms with Crippen LogP contribution in [-0.4, -0.2) is 18.2 Å². The highest BCUT2D eigenvalue weighted by atomic mass is 32.2. The first-order valence-corrected chi connectivity index (χ1v) is 8.19. The highest BCUT2D eigenvalue weighted by Crippen LogP contribution is 2.33. The summed E-state index contributed by atoms with van der Waals surface area (Å²) in [5.41, 5.74) is 2.73. The number of aryl methyl sites for hydroxylation is 1. The lowest BCUT2D eigenvalue weighted by molar-refractivity contribution is 0.622. The summed E-state index contributed by atoms with van der Waals surface area (Å²) in [7, 11) is -2.63. The van der Waals surface area contributed by atoms with Crippen LogP contribution in [0.4, 0.5) is 10.1 Å². The summed E-state index contributed by atoms with van der Waals surface area (Å²) in [5.74, 6) is -0.397. The van der Waals surface area contributed by atoms with E-state index in [-0.39, 0.29) is 11.4 Å². The monoisotopic (exact) mass is 354 g/mol. The predicted octanol–water partition coefficient (Wildman–Crippen LogP) is 3.55. The first-order chi connectivity index (χ1) is 12.0. The van der Waals surface area contributed by atoms with Gasteiger partial charge in [0.2, 0.25) is 0 Å². The standard InChI is InChI=1S/C17H11FN4O2S/c1-11-2-7-15(16(8-11)21-25(23)24)17-9-13(10-19)20-22(17)14-5-3-12(18)4-6-14/h2-9H,1H3. The Kier molecular flexibility index (Phi) is 4.41. The van der Waals surface area contributed by atoms with Crippen molar-refractivity contribution in [3.05, 3.63) is 65.6 Å². The van der Waals surface area contributed by atoms with Crippen LogP contribution in [-0.2, 0) is 10.5 Å². The molecule has 0 amide bonds. The summed E-state index contributed by atoms with van der Waals surface area (Å²) in [4.78, 5) is 0. The number of hydrogen-bond acceptors (Lipinski definition) is 5.